The van der Waals surface area contributed by atoms with Crippen LogP contribution in [0, 0.1) is 0 Å². The minimum atomic E-state index is -0.0955. The minimum Gasteiger partial charge on any atom is -0.326 e. The normalized spacial score (nSPS) is 10.2. The molecule has 0 unspecified atom stereocenters. The smallest absolute Gasteiger partial charge is 0.322 e. The van der Waals surface area contributed by atoms with Crippen LogP contribution in [0.1, 0.15) is 18.1 Å². The Hall–Kier alpha value is -2.33. The molecule has 0 aliphatic heterocycles. The molecular formula is C17H21N3O. The molecule has 2 aromatic rings. The Morgan fingerprint density at radius 3 is 2.29 bits per heavy atom. The van der Waals surface area contributed by atoms with Crippen molar-refractivity contribution in [3.63, 3.8) is 0 Å². The summed E-state index contributed by atoms with van der Waals surface area (Å²) in [5, 5.41) is 2.91. The fourth-order valence-corrected chi connectivity index (χ4v) is 2.06. The van der Waals surface area contributed by atoms with E-state index in [1.54, 1.807) is 4.90 Å². The first-order chi connectivity index (χ1) is 10.2. The Labute approximate surface area is 125 Å². The first-order valence-corrected chi connectivity index (χ1v) is 7.11. The number of carbonyl (C=O) groups excluding carboxylic acids is 1. The van der Waals surface area contributed by atoms with Gasteiger partial charge < -0.3 is 16.0 Å². The molecule has 110 valence electrons. The monoisotopic (exact) mass is 283 g/mol. The lowest BCUT2D eigenvalue weighted by Gasteiger charge is -2.21. The van der Waals surface area contributed by atoms with Crippen LogP contribution >= 0.6 is 0 Å². The van der Waals surface area contributed by atoms with E-state index in [4.69, 9.17) is 5.73 Å². The van der Waals surface area contributed by atoms with E-state index in [9.17, 15) is 4.79 Å². The van der Waals surface area contributed by atoms with Gasteiger partial charge in [-0.15, -0.1) is 0 Å². The largest absolute Gasteiger partial charge is 0.326 e. The van der Waals surface area contributed by atoms with Crippen molar-refractivity contribution in [2.75, 3.05) is 11.9 Å². The molecule has 0 fully saturated rings. The first kappa shape index (κ1) is 15.1. The van der Waals surface area contributed by atoms with Gasteiger partial charge in [0, 0.05) is 25.3 Å². The van der Waals surface area contributed by atoms with Crippen molar-refractivity contribution in [3.8, 4) is 0 Å². The molecule has 3 N–H and O–H groups in total. The topological polar surface area (TPSA) is 58.4 Å². The van der Waals surface area contributed by atoms with Crippen LogP contribution in [0.3, 0.4) is 0 Å². The Morgan fingerprint density at radius 2 is 1.71 bits per heavy atom. The highest BCUT2D eigenvalue weighted by Crippen LogP contribution is 2.11. The molecule has 0 saturated carbocycles. The number of rotatable bonds is 5. The van der Waals surface area contributed by atoms with E-state index in [-0.39, 0.29) is 6.03 Å². The Bertz CT molecular complexity index is 566. The van der Waals surface area contributed by atoms with Crippen LogP contribution in [-0.2, 0) is 13.1 Å². The molecule has 0 heterocycles. The van der Waals surface area contributed by atoms with E-state index in [0.29, 0.717) is 19.6 Å². The van der Waals surface area contributed by atoms with Gasteiger partial charge in [0.2, 0.25) is 0 Å². The van der Waals surface area contributed by atoms with E-state index in [1.165, 1.54) is 0 Å². The van der Waals surface area contributed by atoms with Gasteiger partial charge in [-0.2, -0.15) is 0 Å². The van der Waals surface area contributed by atoms with Gasteiger partial charge in [0.05, 0.1) is 0 Å². The molecule has 2 aromatic carbocycles. The second-order valence-corrected chi connectivity index (χ2v) is 4.83. The van der Waals surface area contributed by atoms with Crippen molar-refractivity contribution in [1.29, 1.82) is 0 Å². The fourth-order valence-electron chi connectivity index (χ4n) is 2.06. The number of nitrogens with one attached hydrogen (secondary N) is 1. The SMILES string of the molecule is CCN(Cc1ccccc1)C(=O)Nc1ccc(CN)cc1. The second-order valence-electron chi connectivity index (χ2n) is 4.83. The number of nitrogens with zero attached hydrogens (tertiary/aromatic N) is 1. The van der Waals surface area contributed by atoms with Crippen molar-refractivity contribution >= 4 is 11.7 Å². The van der Waals surface area contributed by atoms with Crippen LogP contribution in [0.2, 0.25) is 0 Å². The molecule has 0 aliphatic rings. The van der Waals surface area contributed by atoms with Crippen LogP contribution in [0.4, 0.5) is 10.5 Å². The van der Waals surface area contributed by atoms with E-state index < -0.39 is 0 Å². The van der Waals surface area contributed by atoms with Gasteiger partial charge in [-0.3, -0.25) is 0 Å². The van der Waals surface area contributed by atoms with Gasteiger partial charge in [0.15, 0.2) is 0 Å². The molecule has 0 aliphatic carbocycles. The number of hydrogen-bond donors (Lipinski definition) is 2. The summed E-state index contributed by atoms with van der Waals surface area (Å²) >= 11 is 0. The van der Waals surface area contributed by atoms with Crippen molar-refractivity contribution in [3.05, 3.63) is 65.7 Å². The van der Waals surface area contributed by atoms with Crippen molar-refractivity contribution in [1.82, 2.24) is 4.90 Å². The van der Waals surface area contributed by atoms with Gasteiger partial charge in [0.25, 0.3) is 0 Å². The third-order valence-corrected chi connectivity index (χ3v) is 3.33. The zero-order valence-corrected chi connectivity index (χ0v) is 12.3. The summed E-state index contributed by atoms with van der Waals surface area (Å²) in [6.07, 6.45) is 0. The molecule has 21 heavy (non-hydrogen) atoms. The van der Waals surface area contributed by atoms with Crippen LogP contribution in [0.25, 0.3) is 0 Å². The van der Waals surface area contributed by atoms with E-state index in [0.717, 1.165) is 16.8 Å². The molecule has 4 heteroatoms. The Balaban J connectivity index is 1.99. The van der Waals surface area contributed by atoms with E-state index in [1.807, 2.05) is 61.5 Å². The molecule has 0 saturated heterocycles. The minimum absolute atomic E-state index is 0.0955. The predicted molar refractivity (Wildman–Crippen MR) is 85.9 cm³/mol. The molecule has 0 spiro atoms. The average Bonchev–Trinajstić information content (AvgIpc) is 2.54. The number of carbonyl (C=O) groups is 1. The van der Waals surface area contributed by atoms with Gasteiger partial charge in [-0.05, 0) is 30.2 Å². The molecule has 4 nitrogen and oxygen atoms in total. The van der Waals surface area contributed by atoms with Gasteiger partial charge in [-0.1, -0.05) is 42.5 Å². The number of amides is 2. The molecule has 0 aromatic heterocycles. The number of benzene rings is 2. The Morgan fingerprint density at radius 1 is 1.05 bits per heavy atom. The average molecular weight is 283 g/mol. The van der Waals surface area contributed by atoms with Crippen LogP contribution in [-0.4, -0.2) is 17.5 Å². The fraction of sp³-hybridized carbons (Fsp3) is 0.235. The van der Waals surface area contributed by atoms with E-state index in [2.05, 4.69) is 5.32 Å². The molecule has 0 radical (unpaired) electrons. The summed E-state index contributed by atoms with van der Waals surface area (Å²) in [7, 11) is 0. The molecule has 0 bridgehead atoms. The molecule has 2 rings (SSSR count). The maximum atomic E-state index is 12.3. The summed E-state index contributed by atoms with van der Waals surface area (Å²) in [6, 6.07) is 17.5. The quantitative estimate of drug-likeness (QED) is 0.885. The highest BCUT2D eigenvalue weighted by Gasteiger charge is 2.12. The summed E-state index contributed by atoms with van der Waals surface area (Å²) in [6.45, 7) is 3.73. The lowest BCUT2D eigenvalue weighted by molar-refractivity contribution is 0.212. The van der Waals surface area contributed by atoms with Gasteiger partial charge >= 0.3 is 6.03 Å². The maximum Gasteiger partial charge on any atom is 0.322 e. The standard InChI is InChI=1S/C17H21N3O/c1-2-20(13-15-6-4-3-5-7-15)17(21)19-16-10-8-14(12-18)9-11-16/h3-11H,2,12-13,18H2,1H3,(H,19,21). The zero-order chi connectivity index (χ0) is 15.1. The van der Waals surface area contributed by atoms with Crippen molar-refractivity contribution < 1.29 is 4.79 Å². The van der Waals surface area contributed by atoms with Crippen LogP contribution in [0.15, 0.2) is 54.6 Å². The number of anilines is 1. The van der Waals surface area contributed by atoms with Crippen LogP contribution < -0.4 is 11.1 Å². The van der Waals surface area contributed by atoms with E-state index >= 15 is 0 Å². The van der Waals surface area contributed by atoms with Crippen LogP contribution in [0.5, 0.6) is 0 Å². The predicted octanol–water partition coefficient (Wildman–Crippen LogP) is 3.20. The molecular weight excluding hydrogens is 262 g/mol. The third kappa shape index (κ3) is 4.33. The summed E-state index contributed by atoms with van der Waals surface area (Å²) in [5.41, 5.74) is 8.51. The van der Waals surface area contributed by atoms with Gasteiger partial charge in [0.1, 0.15) is 0 Å². The number of nitrogens with two attached hydrogens (primary N) is 1. The third-order valence-electron chi connectivity index (χ3n) is 3.33. The highest BCUT2D eigenvalue weighted by molar-refractivity contribution is 5.89. The summed E-state index contributed by atoms with van der Waals surface area (Å²) < 4.78 is 0. The maximum absolute atomic E-state index is 12.3. The number of hydrogen-bond acceptors (Lipinski definition) is 2. The molecule has 2 amide bonds. The van der Waals surface area contributed by atoms with Crippen molar-refractivity contribution in [2.45, 2.75) is 20.0 Å². The highest BCUT2D eigenvalue weighted by atomic mass is 16.2. The Kier molecular flexibility index (Phi) is 5.35. The zero-order valence-electron chi connectivity index (χ0n) is 12.3. The molecule has 0 atom stereocenters. The van der Waals surface area contributed by atoms with Gasteiger partial charge in [-0.25, -0.2) is 4.79 Å². The lowest BCUT2D eigenvalue weighted by Crippen LogP contribution is -2.34. The summed E-state index contributed by atoms with van der Waals surface area (Å²) in [5.74, 6) is 0. The van der Waals surface area contributed by atoms with Crippen molar-refractivity contribution in [2.24, 2.45) is 5.73 Å². The number of urea groups is 1. The first-order valence-electron chi connectivity index (χ1n) is 7.11. The summed E-state index contributed by atoms with van der Waals surface area (Å²) in [4.78, 5) is 14.1. The second kappa shape index (κ2) is 7.45. The lowest BCUT2D eigenvalue weighted by atomic mass is 10.2.